The van der Waals surface area contributed by atoms with E-state index in [-0.39, 0.29) is 16.9 Å². The molecule has 0 saturated carbocycles. The van der Waals surface area contributed by atoms with Gasteiger partial charge in [0.1, 0.15) is 5.82 Å². The number of hydrogen-bond donors (Lipinski definition) is 0. The van der Waals surface area contributed by atoms with E-state index in [1.54, 1.807) is 6.07 Å². The molecule has 1 nitrogen and oxygen atoms in total. The third kappa shape index (κ3) is 3.50. The average Bonchev–Trinajstić information content (AvgIpc) is 2.65. The molecule has 2 aromatic rings. The molecule has 0 unspecified atom stereocenters. The predicted octanol–water partition coefficient (Wildman–Crippen LogP) is 6.38. The lowest BCUT2D eigenvalue weighted by atomic mass is 9.86. The molecule has 0 saturated heterocycles. The van der Waals surface area contributed by atoms with E-state index in [1.807, 2.05) is 6.07 Å². The van der Waals surface area contributed by atoms with E-state index < -0.39 is 17.5 Å². The van der Waals surface area contributed by atoms with E-state index in [9.17, 15) is 8.78 Å². The number of rotatable bonds is 6. The first kappa shape index (κ1) is 18.6. The van der Waals surface area contributed by atoms with Gasteiger partial charge in [0.05, 0.1) is 7.11 Å². The maximum Gasteiger partial charge on any atom is 0.201 e. The summed E-state index contributed by atoms with van der Waals surface area (Å²) in [6.07, 6.45) is 7.86. The van der Waals surface area contributed by atoms with Crippen LogP contribution < -0.4 is 4.74 Å². The van der Waals surface area contributed by atoms with Gasteiger partial charge < -0.3 is 4.74 Å². The van der Waals surface area contributed by atoms with Crippen LogP contribution in [-0.4, -0.2) is 7.11 Å². The summed E-state index contributed by atoms with van der Waals surface area (Å²) >= 11 is 0. The minimum absolute atomic E-state index is 0.0821. The van der Waals surface area contributed by atoms with Gasteiger partial charge in [0.15, 0.2) is 11.6 Å². The zero-order valence-electron chi connectivity index (χ0n) is 15.2. The van der Waals surface area contributed by atoms with Crippen molar-refractivity contribution >= 4 is 0 Å². The minimum atomic E-state index is -1.10. The second-order valence-electron chi connectivity index (χ2n) is 6.71. The highest BCUT2D eigenvalue weighted by Gasteiger charge is 2.22. The molecule has 4 heteroatoms. The number of halogens is 3. The van der Waals surface area contributed by atoms with E-state index in [1.165, 1.54) is 37.7 Å². The lowest BCUT2D eigenvalue weighted by Crippen LogP contribution is -2.07. The SMILES string of the molecule is CCCCCC1=CCc2c(ccc(-c3ccc(OC)c(F)c3F)c2F)C1. The summed E-state index contributed by atoms with van der Waals surface area (Å²) in [7, 11) is 1.27. The summed E-state index contributed by atoms with van der Waals surface area (Å²) in [5.41, 5.74) is 2.86. The molecule has 0 spiro atoms. The fourth-order valence-electron chi connectivity index (χ4n) is 3.51. The molecule has 0 fully saturated rings. The number of hydrogen-bond acceptors (Lipinski definition) is 1. The maximum absolute atomic E-state index is 15.0. The number of methoxy groups -OCH3 is 1. The van der Waals surface area contributed by atoms with Crippen LogP contribution in [0.25, 0.3) is 11.1 Å². The Morgan fingerprint density at radius 2 is 1.65 bits per heavy atom. The molecule has 1 aliphatic carbocycles. The van der Waals surface area contributed by atoms with Gasteiger partial charge in [0, 0.05) is 11.1 Å². The predicted molar refractivity (Wildman–Crippen MR) is 97.9 cm³/mol. The Bertz CT molecular complexity index is 840. The summed E-state index contributed by atoms with van der Waals surface area (Å²) in [5.74, 6) is -2.84. The monoisotopic (exact) mass is 360 g/mol. The largest absolute Gasteiger partial charge is 0.494 e. The summed E-state index contributed by atoms with van der Waals surface area (Å²) in [5, 5.41) is 0. The summed E-state index contributed by atoms with van der Waals surface area (Å²) in [4.78, 5) is 0. The summed E-state index contributed by atoms with van der Waals surface area (Å²) < 4.78 is 48.1. The van der Waals surface area contributed by atoms with Gasteiger partial charge in [0.25, 0.3) is 0 Å². The maximum atomic E-state index is 15.0. The third-order valence-electron chi connectivity index (χ3n) is 5.01. The van der Waals surface area contributed by atoms with Gasteiger partial charge in [-0.05, 0) is 48.9 Å². The van der Waals surface area contributed by atoms with E-state index in [2.05, 4.69) is 13.0 Å². The zero-order chi connectivity index (χ0) is 18.7. The lowest BCUT2D eigenvalue weighted by molar-refractivity contribution is 0.372. The number of benzene rings is 2. The molecule has 138 valence electrons. The normalized spacial score (nSPS) is 13.3. The van der Waals surface area contributed by atoms with Crippen molar-refractivity contribution in [2.75, 3.05) is 7.11 Å². The Balaban J connectivity index is 1.91. The average molecular weight is 360 g/mol. The minimum Gasteiger partial charge on any atom is -0.494 e. The van der Waals surface area contributed by atoms with Crippen molar-refractivity contribution in [3.63, 3.8) is 0 Å². The molecule has 0 aromatic heterocycles. The van der Waals surface area contributed by atoms with E-state index in [4.69, 9.17) is 4.74 Å². The molecule has 0 bridgehead atoms. The first-order chi connectivity index (χ1) is 12.6. The number of unbranched alkanes of at least 4 members (excludes halogenated alkanes) is 2. The molecule has 1 aliphatic rings. The molecule has 3 rings (SSSR count). The van der Waals surface area contributed by atoms with Crippen molar-refractivity contribution < 1.29 is 17.9 Å². The highest BCUT2D eigenvalue weighted by atomic mass is 19.2. The van der Waals surface area contributed by atoms with Crippen LogP contribution in [0.15, 0.2) is 35.9 Å². The Morgan fingerprint density at radius 1 is 0.923 bits per heavy atom. The van der Waals surface area contributed by atoms with Crippen molar-refractivity contribution in [3.8, 4) is 16.9 Å². The quantitative estimate of drug-likeness (QED) is 0.429. The fourth-order valence-corrected chi connectivity index (χ4v) is 3.51. The molecule has 2 aromatic carbocycles. The van der Waals surface area contributed by atoms with Gasteiger partial charge in [-0.2, -0.15) is 4.39 Å². The van der Waals surface area contributed by atoms with E-state index in [0.717, 1.165) is 24.8 Å². The van der Waals surface area contributed by atoms with Crippen molar-refractivity contribution in [2.45, 2.75) is 45.4 Å². The van der Waals surface area contributed by atoms with Gasteiger partial charge in [-0.25, -0.2) is 8.78 Å². The van der Waals surface area contributed by atoms with Crippen molar-refractivity contribution in [1.29, 1.82) is 0 Å². The summed E-state index contributed by atoms with van der Waals surface area (Å²) in [6, 6.07) is 6.06. The van der Waals surface area contributed by atoms with E-state index in [0.29, 0.717) is 12.0 Å². The number of ether oxygens (including phenoxy) is 1. The smallest absolute Gasteiger partial charge is 0.201 e. The van der Waals surface area contributed by atoms with Crippen LogP contribution in [-0.2, 0) is 12.8 Å². The van der Waals surface area contributed by atoms with Crippen molar-refractivity contribution in [3.05, 3.63) is 64.5 Å². The second-order valence-corrected chi connectivity index (χ2v) is 6.71. The molecule has 0 aliphatic heterocycles. The topological polar surface area (TPSA) is 9.23 Å². The van der Waals surface area contributed by atoms with Crippen LogP contribution >= 0.6 is 0 Å². The standard InChI is InChI=1S/C22H23F3O/c1-3-4-5-6-14-7-9-16-15(13-14)8-10-17(20(16)23)18-11-12-19(26-2)22(25)21(18)24/h7-8,10-12H,3-6,9,13H2,1-2H3. The molecule has 0 amide bonds. The number of allylic oxidation sites excluding steroid dienone is 2. The summed E-state index contributed by atoms with van der Waals surface area (Å²) in [6.45, 7) is 2.17. The first-order valence-corrected chi connectivity index (χ1v) is 9.07. The van der Waals surface area contributed by atoms with Crippen LogP contribution in [0.2, 0.25) is 0 Å². The van der Waals surface area contributed by atoms with Gasteiger partial charge in [-0.1, -0.05) is 43.5 Å². The van der Waals surface area contributed by atoms with Crippen LogP contribution in [0.1, 0.15) is 43.7 Å². The van der Waals surface area contributed by atoms with E-state index >= 15 is 4.39 Å². The highest BCUT2D eigenvalue weighted by Crippen LogP contribution is 2.35. The van der Waals surface area contributed by atoms with Crippen molar-refractivity contribution in [2.24, 2.45) is 0 Å². The van der Waals surface area contributed by atoms with Crippen molar-refractivity contribution in [1.82, 2.24) is 0 Å². The Labute approximate surface area is 152 Å². The van der Waals surface area contributed by atoms with Crippen LogP contribution in [0.3, 0.4) is 0 Å². The fraction of sp³-hybridized carbons (Fsp3) is 0.364. The van der Waals surface area contributed by atoms with Crippen LogP contribution in [0, 0.1) is 17.5 Å². The van der Waals surface area contributed by atoms with Crippen LogP contribution in [0.4, 0.5) is 13.2 Å². The molecule has 0 atom stereocenters. The van der Waals surface area contributed by atoms with Gasteiger partial charge >= 0.3 is 0 Å². The number of fused-ring (bicyclic) bond motifs is 1. The first-order valence-electron chi connectivity index (χ1n) is 9.07. The Morgan fingerprint density at radius 3 is 2.38 bits per heavy atom. The lowest BCUT2D eigenvalue weighted by Gasteiger charge is -2.20. The molecular formula is C22H23F3O. The molecule has 26 heavy (non-hydrogen) atoms. The van der Waals surface area contributed by atoms with Crippen LogP contribution in [0.5, 0.6) is 5.75 Å². The third-order valence-corrected chi connectivity index (χ3v) is 5.01. The molecule has 0 N–H and O–H groups in total. The second kappa shape index (κ2) is 7.98. The van der Waals surface area contributed by atoms with Gasteiger partial charge in [-0.15, -0.1) is 0 Å². The highest BCUT2D eigenvalue weighted by molar-refractivity contribution is 5.68. The Kier molecular flexibility index (Phi) is 5.70. The van der Waals surface area contributed by atoms with Gasteiger partial charge in [-0.3, -0.25) is 0 Å². The molecule has 0 heterocycles. The Hall–Kier alpha value is -2.23. The zero-order valence-corrected chi connectivity index (χ0v) is 15.2. The molecule has 0 radical (unpaired) electrons. The molecular weight excluding hydrogens is 337 g/mol. The van der Waals surface area contributed by atoms with Gasteiger partial charge in [0.2, 0.25) is 5.82 Å².